The maximum Gasteiger partial charge on any atom is 0.141 e. The topological polar surface area (TPSA) is 21.3 Å². The van der Waals surface area contributed by atoms with Crippen molar-refractivity contribution >= 4 is 11.6 Å². The molecule has 3 rings (SSSR count). The van der Waals surface area contributed by atoms with Crippen molar-refractivity contribution in [2.75, 3.05) is 19.7 Å². The van der Waals surface area contributed by atoms with Crippen LogP contribution in [-0.2, 0) is 5.41 Å². The third-order valence-corrected chi connectivity index (χ3v) is 3.93. The zero-order valence-corrected chi connectivity index (χ0v) is 9.61. The van der Waals surface area contributed by atoms with E-state index < -0.39 is 0 Å². The lowest BCUT2D eigenvalue weighted by atomic mass is 9.75. The molecule has 0 saturated carbocycles. The predicted octanol–water partition coefficient (Wildman–Crippen LogP) is 2.49. The van der Waals surface area contributed by atoms with Crippen molar-refractivity contribution in [1.82, 2.24) is 5.32 Å². The van der Waals surface area contributed by atoms with Crippen LogP contribution < -0.4 is 10.1 Å². The highest BCUT2D eigenvalue weighted by molar-refractivity contribution is 6.32. The molecule has 2 nitrogen and oxygen atoms in total. The van der Waals surface area contributed by atoms with Crippen molar-refractivity contribution in [3.8, 4) is 5.75 Å². The van der Waals surface area contributed by atoms with Gasteiger partial charge in [-0.25, -0.2) is 4.39 Å². The molecule has 4 heteroatoms. The van der Waals surface area contributed by atoms with E-state index in [1.165, 1.54) is 6.07 Å². The smallest absolute Gasteiger partial charge is 0.141 e. The largest absolute Gasteiger partial charge is 0.492 e. The summed E-state index contributed by atoms with van der Waals surface area (Å²) in [4.78, 5) is 0. The molecule has 2 heterocycles. The number of benzene rings is 1. The van der Waals surface area contributed by atoms with Crippen molar-refractivity contribution < 1.29 is 9.13 Å². The molecular weight excluding hydrogens is 229 g/mol. The highest BCUT2D eigenvalue weighted by Gasteiger charge is 2.41. The van der Waals surface area contributed by atoms with E-state index >= 15 is 0 Å². The van der Waals surface area contributed by atoms with E-state index in [1.807, 2.05) is 0 Å². The fraction of sp³-hybridized carbons (Fsp3) is 0.500. The van der Waals surface area contributed by atoms with Gasteiger partial charge < -0.3 is 10.1 Å². The van der Waals surface area contributed by atoms with Crippen LogP contribution in [-0.4, -0.2) is 19.7 Å². The van der Waals surface area contributed by atoms with Crippen LogP contribution in [0.15, 0.2) is 12.1 Å². The van der Waals surface area contributed by atoms with Gasteiger partial charge in [0.15, 0.2) is 0 Å². The SMILES string of the molecule is Fc1cc(Cl)c2c(c1)C1(CCNC1)CCO2. The van der Waals surface area contributed by atoms with Gasteiger partial charge in [-0.05, 0) is 31.5 Å². The van der Waals surface area contributed by atoms with Crippen molar-refractivity contribution in [2.45, 2.75) is 18.3 Å². The van der Waals surface area contributed by atoms with E-state index in [-0.39, 0.29) is 11.2 Å². The Kier molecular flexibility index (Phi) is 2.33. The van der Waals surface area contributed by atoms with Crippen LogP contribution in [0.1, 0.15) is 18.4 Å². The quantitative estimate of drug-likeness (QED) is 0.754. The summed E-state index contributed by atoms with van der Waals surface area (Å²) in [6.45, 7) is 2.54. The minimum Gasteiger partial charge on any atom is -0.492 e. The van der Waals surface area contributed by atoms with Gasteiger partial charge in [-0.15, -0.1) is 0 Å². The van der Waals surface area contributed by atoms with Crippen molar-refractivity contribution in [2.24, 2.45) is 0 Å². The molecule has 0 radical (unpaired) electrons. The summed E-state index contributed by atoms with van der Waals surface area (Å²) in [6, 6.07) is 2.90. The van der Waals surface area contributed by atoms with Gasteiger partial charge in [0.2, 0.25) is 0 Å². The highest BCUT2D eigenvalue weighted by atomic mass is 35.5. The summed E-state index contributed by atoms with van der Waals surface area (Å²) in [5, 5.41) is 3.73. The lowest BCUT2D eigenvalue weighted by molar-refractivity contribution is 0.223. The molecule has 1 aromatic rings. The van der Waals surface area contributed by atoms with Gasteiger partial charge in [0.05, 0.1) is 11.6 Å². The van der Waals surface area contributed by atoms with Gasteiger partial charge in [0.1, 0.15) is 11.6 Å². The van der Waals surface area contributed by atoms with E-state index in [0.29, 0.717) is 17.4 Å². The van der Waals surface area contributed by atoms with E-state index in [9.17, 15) is 4.39 Å². The Morgan fingerprint density at radius 3 is 3.00 bits per heavy atom. The van der Waals surface area contributed by atoms with Crippen LogP contribution in [0.5, 0.6) is 5.75 Å². The first-order valence-corrected chi connectivity index (χ1v) is 5.92. The fourth-order valence-corrected chi connectivity index (χ4v) is 3.03. The van der Waals surface area contributed by atoms with Crippen LogP contribution in [0.3, 0.4) is 0 Å². The summed E-state index contributed by atoms with van der Waals surface area (Å²) in [6.07, 6.45) is 1.97. The third-order valence-electron chi connectivity index (χ3n) is 3.65. The summed E-state index contributed by atoms with van der Waals surface area (Å²) < 4.78 is 19.0. The molecule has 1 aromatic carbocycles. The molecule has 86 valence electrons. The number of fused-ring (bicyclic) bond motifs is 2. The van der Waals surface area contributed by atoms with Gasteiger partial charge in [0.25, 0.3) is 0 Å². The summed E-state index contributed by atoms with van der Waals surface area (Å²) >= 11 is 6.02. The molecule has 0 aromatic heterocycles. The fourth-order valence-electron chi connectivity index (χ4n) is 2.77. The van der Waals surface area contributed by atoms with Crippen LogP contribution >= 0.6 is 11.6 Å². The molecule has 1 saturated heterocycles. The minimum absolute atomic E-state index is 0.0271. The molecule has 1 unspecified atom stereocenters. The van der Waals surface area contributed by atoms with Crippen LogP contribution in [0, 0.1) is 5.82 Å². The van der Waals surface area contributed by atoms with Gasteiger partial charge in [-0.2, -0.15) is 0 Å². The average Bonchev–Trinajstić information content (AvgIpc) is 2.69. The molecule has 1 spiro atoms. The van der Waals surface area contributed by atoms with Crippen LogP contribution in [0.4, 0.5) is 4.39 Å². The summed E-state index contributed by atoms with van der Waals surface area (Å²) in [7, 11) is 0. The maximum absolute atomic E-state index is 13.4. The molecule has 0 aliphatic carbocycles. The Labute approximate surface area is 98.7 Å². The number of hydrogen-bond acceptors (Lipinski definition) is 2. The Balaban J connectivity index is 2.17. The zero-order valence-electron chi connectivity index (χ0n) is 8.85. The Morgan fingerprint density at radius 1 is 1.38 bits per heavy atom. The second-order valence-corrected chi connectivity index (χ2v) is 4.98. The van der Waals surface area contributed by atoms with Gasteiger partial charge in [-0.1, -0.05) is 11.6 Å². The van der Waals surface area contributed by atoms with Crippen molar-refractivity contribution in [3.05, 3.63) is 28.5 Å². The molecule has 1 N–H and O–H groups in total. The number of nitrogens with one attached hydrogen (secondary N) is 1. The van der Waals surface area contributed by atoms with E-state index in [4.69, 9.17) is 16.3 Å². The third kappa shape index (κ3) is 1.42. The lowest BCUT2D eigenvalue weighted by Crippen LogP contribution is -2.35. The predicted molar refractivity (Wildman–Crippen MR) is 60.7 cm³/mol. The first-order valence-electron chi connectivity index (χ1n) is 5.54. The van der Waals surface area contributed by atoms with E-state index in [1.54, 1.807) is 6.07 Å². The summed E-state index contributed by atoms with van der Waals surface area (Å²) in [5.74, 6) is 0.401. The van der Waals surface area contributed by atoms with Crippen LogP contribution in [0.25, 0.3) is 0 Å². The first kappa shape index (κ1) is 10.4. The van der Waals surface area contributed by atoms with E-state index in [0.717, 1.165) is 31.5 Å². The second kappa shape index (κ2) is 3.60. The minimum atomic E-state index is -0.277. The Bertz CT molecular complexity index is 429. The Morgan fingerprint density at radius 2 is 2.25 bits per heavy atom. The number of ether oxygens (including phenoxy) is 1. The first-order chi connectivity index (χ1) is 7.71. The summed E-state index contributed by atoms with van der Waals surface area (Å²) in [5.41, 5.74) is 0.966. The standard InChI is InChI=1S/C12H13ClFNO/c13-10-6-8(14)5-9-11(10)16-4-2-12(9)1-3-15-7-12/h5-6,15H,1-4,7H2. The molecule has 16 heavy (non-hydrogen) atoms. The molecule has 2 aliphatic rings. The average molecular weight is 242 g/mol. The van der Waals surface area contributed by atoms with E-state index in [2.05, 4.69) is 5.32 Å². The van der Waals surface area contributed by atoms with Gasteiger partial charge >= 0.3 is 0 Å². The normalized spacial score (nSPS) is 27.9. The second-order valence-electron chi connectivity index (χ2n) is 4.57. The lowest BCUT2D eigenvalue weighted by Gasteiger charge is -2.35. The molecule has 0 amide bonds. The molecule has 2 aliphatic heterocycles. The highest BCUT2D eigenvalue weighted by Crippen LogP contribution is 2.46. The Hall–Kier alpha value is -0.800. The van der Waals surface area contributed by atoms with Crippen molar-refractivity contribution in [1.29, 1.82) is 0 Å². The maximum atomic E-state index is 13.4. The number of hydrogen-bond donors (Lipinski definition) is 1. The monoisotopic (exact) mass is 241 g/mol. The molecular formula is C12H13ClFNO. The number of rotatable bonds is 0. The molecule has 0 bridgehead atoms. The van der Waals surface area contributed by atoms with Gasteiger partial charge in [-0.3, -0.25) is 0 Å². The zero-order chi connectivity index (χ0) is 11.2. The molecule has 1 atom stereocenters. The van der Waals surface area contributed by atoms with Gasteiger partial charge in [0, 0.05) is 17.5 Å². The van der Waals surface area contributed by atoms with Crippen molar-refractivity contribution in [3.63, 3.8) is 0 Å². The molecule has 1 fully saturated rings. The van der Waals surface area contributed by atoms with Crippen LogP contribution in [0.2, 0.25) is 5.02 Å². The number of halogens is 2.